The van der Waals surface area contributed by atoms with Crippen molar-refractivity contribution >= 4 is 5.91 Å². The first-order chi connectivity index (χ1) is 15.5. The lowest BCUT2D eigenvalue weighted by molar-refractivity contribution is 0.0609. The predicted octanol–water partition coefficient (Wildman–Crippen LogP) is 2.14. The zero-order chi connectivity index (χ0) is 22.4. The third-order valence-corrected chi connectivity index (χ3v) is 6.63. The van der Waals surface area contributed by atoms with E-state index in [4.69, 9.17) is 5.73 Å². The average Bonchev–Trinajstić information content (AvgIpc) is 2.97. The van der Waals surface area contributed by atoms with Crippen LogP contribution in [-0.4, -0.2) is 40.3 Å². The summed E-state index contributed by atoms with van der Waals surface area (Å²) < 4.78 is 1.66. The molecule has 1 aromatic heterocycles. The topological polar surface area (TPSA) is 91.8 Å². The SMILES string of the molecule is CN1C(=O)c2c(O)c(=O)ccn2N(C2c3ccccc3CCc3ccccc32)C1CCN. The second-order valence-electron chi connectivity index (χ2n) is 8.38. The number of nitrogens with zero attached hydrogens (tertiary/aromatic N) is 3. The van der Waals surface area contributed by atoms with Crippen LogP contribution in [0.15, 0.2) is 65.6 Å². The summed E-state index contributed by atoms with van der Waals surface area (Å²) in [5.41, 5.74) is 10.2. The van der Waals surface area contributed by atoms with E-state index in [0.29, 0.717) is 13.0 Å². The Morgan fingerprint density at radius 1 is 0.969 bits per heavy atom. The van der Waals surface area contributed by atoms with E-state index in [-0.39, 0.29) is 17.9 Å². The van der Waals surface area contributed by atoms with Crippen molar-refractivity contribution in [3.8, 4) is 5.75 Å². The van der Waals surface area contributed by atoms with Crippen molar-refractivity contribution in [2.45, 2.75) is 31.5 Å². The van der Waals surface area contributed by atoms with Crippen molar-refractivity contribution in [1.29, 1.82) is 0 Å². The summed E-state index contributed by atoms with van der Waals surface area (Å²) in [6.45, 7) is 0.385. The molecule has 1 aliphatic carbocycles. The first-order valence-electron chi connectivity index (χ1n) is 10.9. The minimum absolute atomic E-state index is 0.0209. The monoisotopic (exact) mass is 430 g/mol. The lowest BCUT2D eigenvalue weighted by Gasteiger charge is -2.49. The molecule has 7 heteroatoms. The molecular weight excluding hydrogens is 404 g/mol. The van der Waals surface area contributed by atoms with Gasteiger partial charge in [0.05, 0.1) is 6.04 Å². The van der Waals surface area contributed by atoms with Crippen LogP contribution in [0.1, 0.15) is 45.2 Å². The highest BCUT2D eigenvalue weighted by Gasteiger charge is 2.42. The molecular formula is C25H26N4O3. The van der Waals surface area contributed by atoms with Crippen LogP contribution in [0.4, 0.5) is 0 Å². The Bertz CT molecular complexity index is 1200. The molecule has 1 amide bonds. The van der Waals surface area contributed by atoms with Gasteiger partial charge in [-0.05, 0) is 41.6 Å². The number of nitrogens with two attached hydrogens (primary N) is 1. The first kappa shape index (κ1) is 20.3. The van der Waals surface area contributed by atoms with Gasteiger partial charge in [-0.1, -0.05) is 48.5 Å². The summed E-state index contributed by atoms with van der Waals surface area (Å²) in [6, 6.07) is 17.8. The normalized spacial score (nSPS) is 18.1. The quantitative estimate of drug-likeness (QED) is 0.664. The number of benzene rings is 2. The fourth-order valence-electron chi connectivity index (χ4n) is 5.08. The maximum atomic E-state index is 13.2. The van der Waals surface area contributed by atoms with E-state index in [1.54, 1.807) is 22.8 Å². The van der Waals surface area contributed by atoms with E-state index in [1.165, 1.54) is 17.2 Å². The maximum absolute atomic E-state index is 13.2. The van der Waals surface area contributed by atoms with E-state index in [9.17, 15) is 14.7 Å². The molecule has 32 heavy (non-hydrogen) atoms. The zero-order valence-corrected chi connectivity index (χ0v) is 17.9. The van der Waals surface area contributed by atoms with Crippen molar-refractivity contribution < 1.29 is 9.90 Å². The predicted molar refractivity (Wildman–Crippen MR) is 122 cm³/mol. The molecule has 2 aliphatic rings. The van der Waals surface area contributed by atoms with Gasteiger partial charge < -0.3 is 15.7 Å². The third kappa shape index (κ3) is 3.00. The summed E-state index contributed by atoms with van der Waals surface area (Å²) in [4.78, 5) is 27.0. The molecule has 2 aromatic carbocycles. The van der Waals surface area contributed by atoms with Crippen molar-refractivity contribution in [2.24, 2.45) is 5.73 Å². The van der Waals surface area contributed by atoms with E-state index in [1.807, 2.05) is 24.3 Å². The van der Waals surface area contributed by atoms with Crippen molar-refractivity contribution in [3.63, 3.8) is 0 Å². The van der Waals surface area contributed by atoms with Crippen LogP contribution in [0.2, 0.25) is 0 Å². The van der Waals surface area contributed by atoms with Crippen molar-refractivity contribution in [2.75, 3.05) is 18.6 Å². The summed E-state index contributed by atoms with van der Waals surface area (Å²) in [7, 11) is 1.70. The Balaban J connectivity index is 1.83. The summed E-state index contributed by atoms with van der Waals surface area (Å²) >= 11 is 0. The van der Waals surface area contributed by atoms with Gasteiger partial charge in [-0.15, -0.1) is 0 Å². The Kier molecular flexibility index (Phi) is 4.98. The fraction of sp³-hybridized carbons (Fsp3) is 0.280. The summed E-state index contributed by atoms with van der Waals surface area (Å²) in [6.07, 6.45) is 3.59. The molecule has 0 bridgehead atoms. The number of fused-ring (bicyclic) bond motifs is 3. The first-order valence-corrected chi connectivity index (χ1v) is 10.9. The van der Waals surface area contributed by atoms with Gasteiger partial charge >= 0.3 is 0 Å². The van der Waals surface area contributed by atoms with Gasteiger partial charge in [0, 0.05) is 25.7 Å². The van der Waals surface area contributed by atoms with Crippen LogP contribution in [0, 0.1) is 0 Å². The van der Waals surface area contributed by atoms with E-state index in [0.717, 1.165) is 24.0 Å². The number of hydrogen-bond donors (Lipinski definition) is 2. The highest BCUT2D eigenvalue weighted by atomic mass is 16.3. The van der Waals surface area contributed by atoms with Gasteiger partial charge in [0.25, 0.3) is 5.91 Å². The van der Waals surface area contributed by atoms with Crippen LogP contribution in [0.5, 0.6) is 5.75 Å². The Labute approximate surface area is 186 Å². The maximum Gasteiger partial charge on any atom is 0.277 e. The Morgan fingerprint density at radius 2 is 1.56 bits per heavy atom. The number of carbonyl (C=O) groups is 1. The number of carbonyl (C=O) groups excluding carboxylic acids is 1. The van der Waals surface area contributed by atoms with Gasteiger partial charge in [0.1, 0.15) is 6.17 Å². The molecule has 1 unspecified atom stereocenters. The molecule has 1 aliphatic heterocycles. The van der Waals surface area contributed by atoms with Crippen LogP contribution in [0.3, 0.4) is 0 Å². The fourth-order valence-corrected chi connectivity index (χ4v) is 5.08. The lowest BCUT2D eigenvalue weighted by Crippen LogP contribution is -2.61. The molecule has 3 N–H and O–H groups in total. The Hall–Kier alpha value is -3.58. The highest BCUT2D eigenvalue weighted by Crippen LogP contribution is 2.39. The van der Waals surface area contributed by atoms with Crippen LogP contribution < -0.4 is 16.2 Å². The lowest BCUT2D eigenvalue weighted by atomic mass is 9.93. The molecule has 1 atom stereocenters. The van der Waals surface area contributed by atoms with Gasteiger partial charge in [0.15, 0.2) is 11.4 Å². The van der Waals surface area contributed by atoms with Gasteiger partial charge in [-0.3, -0.25) is 19.3 Å². The van der Waals surface area contributed by atoms with Gasteiger partial charge in [0.2, 0.25) is 5.43 Å². The van der Waals surface area contributed by atoms with Gasteiger partial charge in [-0.25, -0.2) is 0 Å². The summed E-state index contributed by atoms with van der Waals surface area (Å²) in [5.74, 6) is -0.930. The molecule has 5 rings (SSSR count). The number of aromatic hydroxyl groups is 1. The molecule has 0 fully saturated rings. The van der Waals surface area contributed by atoms with Gasteiger partial charge in [-0.2, -0.15) is 0 Å². The summed E-state index contributed by atoms with van der Waals surface area (Å²) in [5, 5.41) is 12.7. The van der Waals surface area contributed by atoms with E-state index >= 15 is 0 Å². The number of rotatable bonds is 3. The molecule has 0 spiro atoms. The number of pyridine rings is 1. The minimum atomic E-state index is -0.572. The zero-order valence-electron chi connectivity index (χ0n) is 17.9. The number of amides is 1. The number of hydrogen-bond acceptors (Lipinski definition) is 5. The highest BCUT2D eigenvalue weighted by molar-refractivity contribution is 5.96. The van der Waals surface area contributed by atoms with Crippen LogP contribution in [-0.2, 0) is 12.8 Å². The molecule has 7 nitrogen and oxygen atoms in total. The van der Waals surface area contributed by atoms with Crippen molar-refractivity contribution in [3.05, 3.63) is 99.0 Å². The molecule has 0 radical (unpaired) electrons. The molecule has 0 saturated carbocycles. The molecule has 164 valence electrons. The van der Waals surface area contributed by atoms with Crippen molar-refractivity contribution in [1.82, 2.24) is 9.58 Å². The average molecular weight is 431 g/mol. The number of aryl methyl sites for hydroxylation is 2. The standard InChI is InChI=1S/C25H26N4O3/c1-27-21(12-14-26)29(28-15-13-20(30)24(31)23(28)25(27)32)22-18-8-4-2-6-16(18)10-11-17-7-3-5-9-19(17)22/h2-9,13,15,21-22,31H,10-12,14,26H2,1H3. The number of aromatic nitrogens is 1. The second-order valence-corrected chi connectivity index (χ2v) is 8.38. The molecule has 2 heterocycles. The molecule has 3 aromatic rings. The Morgan fingerprint density at radius 3 is 2.16 bits per heavy atom. The van der Waals surface area contributed by atoms with E-state index < -0.39 is 17.1 Å². The minimum Gasteiger partial charge on any atom is -0.502 e. The van der Waals surface area contributed by atoms with Crippen LogP contribution in [0.25, 0.3) is 0 Å². The van der Waals surface area contributed by atoms with Crippen LogP contribution >= 0.6 is 0 Å². The second kappa shape index (κ2) is 7.84. The third-order valence-electron chi connectivity index (χ3n) is 6.63. The van der Waals surface area contributed by atoms with E-state index in [2.05, 4.69) is 29.3 Å². The molecule has 0 saturated heterocycles. The smallest absolute Gasteiger partial charge is 0.277 e. The largest absolute Gasteiger partial charge is 0.502 e.